The zero-order valence-electron chi connectivity index (χ0n) is 13.9. The molecule has 1 amide bonds. The Morgan fingerprint density at radius 2 is 1.60 bits per heavy atom. The van der Waals surface area contributed by atoms with Gasteiger partial charge in [-0.2, -0.15) is 4.31 Å². The van der Waals surface area contributed by atoms with Crippen molar-refractivity contribution in [3.05, 3.63) is 28.2 Å². The van der Waals surface area contributed by atoms with E-state index in [1.807, 2.05) is 0 Å². The van der Waals surface area contributed by atoms with Gasteiger partial charge in [0.2, 0.25) is 15.9 Å². The van der Waals surface area contributed by atoms with Crippen molar-refractivity contribution in [2.45, 2.75) is 49.5 Å². The maximum Gasteiger partial charge on any atom is 0.246 e. The van der Waals surface area contributed by atoms with Crippen molar-refractivity contribution in [2.75, 3.05) is 13.1 Å². The number of hydrogen-bond donors (Lipinski definition) is 1. The van der Waals surface area contributed by atoms with Crippen LogP contribution >= 0.6 is 23.2 Å². The number of rotatable bonds is 4. The monoisotopic (exact) mass is 404 g/mol. The summed E-state index contributed by atoms with van der Waals surface area (Å²) >= 11 is 12.1. The molecule has 1 aromatic carbocycles. The Morgan fingerprint density at radius 3 is 2.16 bits per heavy atom. The van der Waals surface area contributed by atoms with Crippen LogP contribution in [0.3, 0.4) is 0 Å². The lowest BCUT2D eigenvalue weighted by Crippen LogP contribution is -2.44. The molecule has 0 radical (unpaired) electrons. The molecule has 1 aliphatic heterocycles. The van der Waals surface area contributed by atoms with E-state index < -0.39 is 10.0 Å². The predicted molar refractivity (Wildman–Crippen MR) is 98.3 cm³/mol. The lowest BCUT2D eigenvalue weighted by molar-refractivity contribution is -0.126. The van der Waals surface area contributed by atoms with Gasteiger partial charge in [-0.1, -0.05) is 42.1 Å². The first kappa shape index (κ1) is 19.0. The van der Waals surface area contributed by atoms with E-state index in [4.69, 9.17) is 23.2 Å². The third-order valence-electron chi connectivity index (χ3n) is 5.04. The largest absolute Gasteiger partial charge is 0.353 e. The van der Waals surface area contributed by atoms with Crippen molar-refractivity contribution < 1.29 is 13.2 Å². The Hall–Kier alpha value is -0.820. The molecule has 1 N–H and O–H groups in total. The van der Waals surface area contributed by atoms with Crippen LogP contribution in [0.5, 0.6) is 0 Å². The number of halogens is 2. The molecule has 1 aromatic rings. The zero-order valence-corrected chi connectivity index (χ0v) is 16.2. The summed E-state index contributed by atoms with van der Waals surface area (Å²) in [7, 11) is -3.76. The van der Waals surface area contributed by atoms with Gasteiger partial charge < -0.3 is 5.32 Å². The zero-order chi connectivity index (χ0) is 18.0. The van der Waals surface area contributed by atoms with Crippen LogP contribution in [0.1, 0.15) is 38.5 Å². The summed E-state index contributed by atoms with van der Waals surface area (Å²) in [5.74, 6) is -0.0755. The van der Waals surface area contributed by atoms with Gasteiger partial charge in [-0.05, 0) is 37.8 Å². The Labute approximate surface area is 158 Å². The third-order valence-corrected chi connectivity index (χ3v) is 7.90. The number of carbonyl (C=O) groups excluding carboxylic acids is 1. The van der Waals surface area contributed by atoms with Crippen LogP contribution in [0, 0.1) is 5.92 Å². The highest BCUT2D eigenvalue weighted by molar-refractivity contribution is 7.89. The molecule has 138 valence electrons. The van der Waals surface area contributed by atoms with E-state index in [0.717, 1.165) is 12.8 Å². The van der Waals surface area contributed by atoms with Crippen molar-refractivity contribution in [2.24, 2.45) is 5.92 Å². The Bertz CT molecular complexity index is 720. The number of hydrogen-bond acceptors (Lipinski definition) is 3. The van der Waals surface area contributed by atoms with E-state index >= 15 is 0 Å². The summed E-state index contributed by atoms with van der Waals surface area (Å²) < 4.78 is 27.1. The number of benzene rings is 1. The average Bonchev–Trinajstić information content (AvgIpc) is 3.07. The summed E-state index contributed by atoms with van der Waals surface area (Å²) in [6.07, 6.45) is 5.45. The van der Waals surface area contributed by atoms with E-state index in [2.05, 4.69) is 5.32 Å². The first-order chi connectivity index (χ1) is 11.9. The topological polar surface area (TPSA) is 66.5 Å². The molecular weight excluding hydrogens is 383 g/mol. The van der Waals surface area contributed by atoms with Gasteiger partial charge in [0.05, 0.1) is 10.0 Å². The maximum atomic E-state index is 12.8. The molecule has 0 bridgehead atoms. The minimum atomic E-state index is -3.76. The second kappa shape index (κ2) is 7.82. The van der Waals surface area contributed by atoms with Crippen molar-refractivity contribution in [3.63, 3.8) is 0 Å². The molecule has 5 nitrogen and oxygen atoms in total. The smallest absolute Gasteiger partial charge is 0.246 e. The summed E-state index contributed by atoms with van der Waals surface area (Å²) in [6.45, 7) is 0.597. The number of nitrogens with zero attached hydrogens (tertiary/aromatic N) is 1. The number of nitrogens with one attached hydrogen (secondary N) is 1. The van der Waals surface area contributed by atoms with Crippen LogP contribution < -0.4 is 5.32 Å². The van der Waals surface area contributed by atoms with Crippen molar-refractivity contribution in [3.8, 4) is 0 Å². The fraction of sp³-hybridized carbons (Fsp3) is 0.588. The quantitative estimate of drug-likeness (QED) is 0.835. The second-order valence-electron chi connectivity index (χ2n) is 6.72. The highest BCUT2D eigenvalue weighted by Gasteiger charge is 2.34. The molecule has 1 saturated heterocycles. The van der Waals surface area contributed by atoms with Gasteiger partial charge in [0.1, 0.15) is 4.90 Å². The number of amides is 1. The van der Waals surface area contributed by atoms with Crippen molar-refractivity contribution in [1.82, 2.24) is 9.62 Å². The standard InChI is InChI=1S/C17H22Cl2N2O3S/c18-14-6-3-7-15(19)16(14)25(23,24)21-10-8-12(9-11-21)17(22)20-13-4-1-2-5-13/h3,6-7,12-13H,1-2,4-5,8-11H2,(H,20,22). The summed E-state index contributed by atoms with van der Waals surface area (Å²) in [6, 6.07) is 4.93. The van der Waals surface area contributed by atoms with Crippen LogP contribution in [-0.2, 0) is 14.8 Å². The molecule has 1 saturated carbocycles. The lowest BCUT2D eigenvalue weighted by Gasteiger charge is -2.31. The molecule has 0 unspecified atom stereocenters. The van der Waals surface area contributed by atoms with Crippen molar-refractivity contribution in [1.29, 1.82) is 0 Å². The SMILES string of the molecule is O=C(NC1CCCC1)C1CCN(S(=O)(=O)c2c(Cl)cccc2Cl)CC1. The highest BCUT2D eigenvalue weighted by atomic mass is 35.5. The molecule has 2 aliphatic rings. The van der Waals surface area contributed by atoms with Crippen LogP contribution in [0.4, 0.5) is 0 Å². The fourth-order valence-electron chi connectivity index (χ4n) is 3.61. The Morgan fingerprint density at radius 1 is 1.04 bits per heavy atom. The van der Waals surface area contributed by atoms with Crippen LogP contribution in [0.2, 0.25) is 10.0 Å². The van der Waals surface area contributed by atoms with Gasteiger partial charge in [0.15, 0.2) is 0 Å². The first-order valence-electron chi connectivity index (χ1n) is 8.64. The first-order valence-corrected chi connectivity index (χ1v) is 10.8. The molecule has 1 aliphatic carbocycles. The predicted octanol–water partition coefficient (Wildman–Crippen LogP) is 3.45. The fourth-order valence-corrected chi connectivity index (χ4v) is 6.17. The van der Waals surface area contributed by atoms with Gasteiger partial charge >= 0.3 is 0 Å². The van der Waals surface area contributed by atoms with E-state index in [-0.39, 0.29) is 32.8 Å². The van der Waals surface area contributed by atoms with Gasteiger partial charge in [0, 0.05) is 25.0 Å². The van der Waals surface area contributed by atoms with E-state index in [1.165, 1.54) is 29.3 Å². The summed E-state index contributed by atoms with van der Waals surface area (Å²) in [5, 5.41) is 3.34. The van der Waals surface area contributed by atoms with Gasteiger partial charge in [-0.3, -0.25) is 4.79 Å². The highest BCUT2D eigenvalue weighted by Crippen LogP contribution is 2.33. The van der Waals surface area contributed by atoms with Gasteiger partial charge in [-0.25, -0.2) is 8.42 Å². The van der Waals surface area contributed by atoms with E-state index in [1.54, 1.807) is 6.07 Å². The molecule has 3 rings (SSSR count). The Balaban J connectivity index is 1.64. The lowest BCUT2D eigenvalue weighted by atomic mass is 9.97. The molecule has 0 aromatic heterocycles. The normalized spacial score (nSPS) is 20.7. The van der Waals surface area contributed by atoms with E-state index in [0.29, 0.717) is 25.9 Å². The van der Waals surface area contributed by atoms with Crippen LogP contribution in [0.25, 0.3) is 0 Å². The molecule has 0 atom stereocenters. The van der Waals surface area contributed by atoms with Gasteiger partial charge in [-0.15, -0.1) is 0 Å². The molecule has 1 heterocycles. The number of piperidine rings is 1. The molecule has 0 spiro atoms. The van der Waals surface area contributed by atoms with Crippen LogP contribution in [-0.4, -0.2) is 37.8 Å². The summed E-state index contributed by atoms with van der Waals surface area (Å²) in [4.78, 5) is 12.3. The molecular formula is C17H22Cl2N2O3S. The third kappa shape index (κ3) is 4.13. The number of sulfonamides is 1. The molecule has 2 fully saturated rings. The average molecular weight is 405 g/mol. The van der Waals surface area contributed by atoms with Crippen LogP contribution in [0.15, 0.2) is 23.1 Å². The second-order valence-corrected chi connectivity index (χ2v) is 9.41. The van der Waals surface area contributed by atoms with Gasteiger partial charge in [0.25, 0.3) is 0 Å². The minimum Gasteiger partial charge on any atom is -0.353 e. The maximum absolute atomic E-state index is 12.8. The summed E-state index contributed by atoms with van der Waals surface area (Å²) in [5.41, 5.74) is 0. The molecule has 8 heteroatoms. The molecule has 25 heavy (non-hydrogen) atoms. The Kier molecular flexibility index (Phi) is 5.93. The minimum absolute atomic E-state index is 0.0489. The number of carbonyl (C=O) groups is 1. The van der Waals surface area contributed by atoms with E-state index in [9.17, 15) is 13.2 Å². The van der Waals surface area contributed by atoms with Crippen molar-refractivity contribution >= 4 is 39.1 Å².